The first kappa shape index (κ1) is 9.92. The zero-order valence-corrected chi connectivity index (χ0v) is 7.34. The summed E-state index contributed by atoms with van der Waals surface area (Å²) in [7, 11) is 1.23. The Labute approximate surface area is 74.8 Å². The molecule has 0 unspecified atom stereocenters. The summed E-state index contributed by atoms with van der Waals surface area (Å²) in [5.74, 6) is -2.29. The van der Waals surface area contributed by atoms with Gasteiger partial charge in [-0.1, -0.05) is 0 Å². The molecule has 13 heavy (non-hydrogen) atoms. The molecule has 0 aliphatic rings. The van der Waals surface area contributed by atoms with Crippen LogP contribution in [0.3, 0.4) is 0 Å². The van der Waals surface area contributed by atoms with Gasteiger partial charge in [0.15, 0.2) is 11.6 Å². The lowest BCUT2D eigenvalue weighted by molar-refractivity contribution is 0.192. The predicted octanol–water partition coefficient (Wildman–Crippen LogP) is 2.03. The molecule has 0 aliphatic heterocycles. The van der Waals surface area contributed by atoms with E-state index in [4.69, 9.17) is 0 Å². The number of methoxy groups -OCH3 is 1. The minimum atomic E-state index is -1.07. The third-order valence-electron chi connectivity index (χ3n) is 1.73. The van der Waals surface area contributed by atoms with Crippen LogP contribution in [0.25, 0.3) is 0 Å². The van der Waals surface area contributed by atoms with Crippen molar-refractivity contribution < 1.29 is 18.6 Å². The Bertz CT molecular complexity index is 311. The van der Waals surface area contributed by atoms with E-state index in [0.717, 1.165) is 6.07 Å². The van der Waals surface area contributed by atoms with Gasteiger partial charge in [-0.3, -0.25) is 0 Å². The molecule has 2 nitrogen and oxygen atoms in total. The van der Waals surface area contributed by atoms with Crippen LogP contribution in [0.5, 0.6) is 5.75 Å². The molecular weight excluding hydrogens is 178 g/mol. The number of hydrogen-bond acceptors (Lipinski definition) is 2. The van der Waals surface area contributed by atoms with Crippen LogP contribution in [0.2, 0.25) is 0 Å². The quantitative estimate of drug-likeness (QED) is 0.769. The van der Waals surface area contributed by atoms with Crippen LogP contribution in [-0.4, -0.2) is 12.2 Å². The van der Waals surface area contributed by atoms with E-state index in [9.17, 15) is 13.9 Å². The number of ether oxygens (including phenoxy) is 1. The smallest absolute Gasteiger partial charge is 0.200 e. The Hall–Kier alpha value is -1.16. The van der Waals surface area contributed by atoms with Crippen molar-refractivity contribution in [1.29, 1.82) is 0 Å². The Morgan fingerprint density at radius 1 is 1.38 bits per heavy atom. The maximum absolute atomic E-state index is 13.0. The molecule has 0 aliphatic carbocycles. The number of hydrogen-bond donors (Lipinski definition) is 1. The van der Waals surface area contributed by atoms with Crippen molar-refractivity contribution in [2.24, 2.45) is 0 Å². The summed E-state index contributed by atoms with van der Waals surface area (Å²) in [6, 6.07) is 2.25. The van der Waals surface area contributed by atoms with Gasteiger partial charge in [-0.25, -0.2) is 4.39 Å². The highest BCUT2D eigenvalue weighted by Gasteiger charge is 2.16. The molecule has 0 aromatic heterocycles. The molecule has 0 saturated carbocycles. The van der Waals surface area contributed by atoms with Gasteiger partial charge in [-0.05, 0) is 19.1 Å². The zero-order chi connectivity index (χ0) is 10.0. The van der Waals surface area contributed by atoms with Crippen molar-refractivity contribution in [1.82, 2.24) is 0 Å². The molecule has 0 radical (unpaired) electrons. The SMILES string of the molecule is COc1c([C@H](C)O)ccc(F)c1F. The molecule has 0 bridgehead atoms. The summed E-state index contributed by atoms with van der Waals surface area (Å²) in [5.41, 5.74) is 0.237. The van der Waals surface area contributed by atoms with Crippen LogP contribution >= 0.6 is 0 Å². The molecule has 0 saturated heterocycles. The van der Waals surface area contributed by atoms with Gasteiger partial charge >= 0.3 is 0 Å². The molecule has 1 aromatic carbocycles. The van der Waals surface area contributed by atoms with E-state index in [1.165, 1.54) is 20.1 Å². The number of rotatable bonds is 2. The molecule has 1 aromatic rings. The fraction of sp³-hybridized carbons (Fsp3) is 0.333. The van der Waals surface area contributed by atoms with Crippen LogP contribution < -0.4 is 4.74 Å². The minimum Gasteiger partial charge on any atom is -0.493 e. The largest absolute Gasteiger partial charge is 0.493 e. The fourth-order valence-corrected chi connectivity index (χ4v) is 1.08. The number of aliphatic hydroxyl groups is 1. The van der Waals surface area contributed by atoms with E-state index in [0.29, 0.717) is 0 Å². The first-order valence-electron chi connectivity index (χ1n) is 3.78. The Balaban J connectivity index is 3.30. The number of benzene rings is 1. The van der Waals surface area contributed by atoms with Crippen molar-refractivity contribution >= 4 is 0 Å². The summed E-state index contributed by atoms with van der Waals surface area (Å²) < 4.78 is 30.3. The lowest BCUT2D eigenvalue weighted by Gasteiger charge is -2.11. The molecule has 0 heterocycles. The predicted molar refractivity (Wildman–Crippen MR) is 43.5 cm³/mol. The fourth-order valence-electron chi connectivity index (χ4n) is 1.08. The molecule has 1 rings (SSSR count). The van der Waals surface area contributed by atoms with Crippen molar-refractivity contribution in [2.45, 2.75) is 13.0 Å². The first-order chi connectivity index (χ1) is 6.07. The van der Waals surface area contributed by atoms with Crippen molar-refractivity contribution in [2.75, 3.05) is 7.11 Å². The summed E-state index contributed by atoms with van der Waals surface area (Å²) >= 11 is 0. The van der Waals surface area contributed by atoms with E-state index in [1.807, 2.05) is 0 Å². The van der Waals surface area contributed by atoms with E-state index in [1.54, 1.807) is 0 Å². The highest BCUT2D eigenvalue weighted by molar-refractivity contribution is 5.36. The summed E-state index contributed by atoms with van der Waals surface area (Å²) in [6.45, 7) is 1.45. The van der Waals surface area contributed by atoms with Crippen molar-refractivity contribution in [3.8, 4) is 5.75 Å². The Morgan fingerprint density at radius 3 is 2.46 bits per heavy atom. The normalized spacial score (nSPS) is 12.7. The van der Waals surface area contributed by atoms with Gasteiger partial charge in [0.1, 0.15) is 0 Å². The maximum Gasteiger partial charge on any atom is 0.200 e. The van der Waals surface area contributed by atoms with E-state index >= 15 is 0 Å². The van der Waals surface area contributed by atoms with Crippen LogP contribution in [0.15, 0.2) is 12.1 Å². The lowest BCUT2D eigenvalue weighted by Crippen LogP contribution is -2.00. The molecule has 0 fully saturated rings. The molecule has 4 heteroatoms. The van der Waals surface area contributed by atoms with Gasteiger partial charge < -0.3 is 9.84 Å². The molecule has 0 amide bonds. The molecule has 1 N–H and O–H groups in total. The maximum atomic E-state index is 13.0. The van der Waals surface area contributed by atoms with Gasteiger partial charge in [0.25, 0.3) is 0 Å². The number of halogens is 2. The van der Waals surface area contributed by atoms with Gasteiger partial charge in [0.05, 0.1) is 13.2 Å². The van der Waals surface area contributed by atoms with Crippen molar-refractivity contribution in [3.05, 3.63) is 29.3 Å². The third kappa shape index (κ3) is 1.78. The van der Waals surface area contributed by atoms with E-state index in [2.05, 4.69) is 4.74 Å². The van der Waals surface area contributed by atoms with Crippen LogP contribution in [-0.2, 0) is 0 Å². The van der Waals surface area contributed by atoms with Gasteiger partial charge in [-0.2, -0.15) is 4.39 Å². The second-order valence-electron chi connectivity index (χ2n) is 2.66. The van der Waals surface area contributed by atoms with E-state index in [-0.39, 0.29) is 11.3 Å². The standard InChI is InChI=1S/C9H10F2O2/c1-5(12)6-3-4-7(10)8(11)9(6)13-2/h3-5,12H,1-2H3/t5-/m0/s1. The van der Waals surface area contributed by atoms with Crippen LogP contribution in [0.4, 0.5) is 8.78 Å². The summed E-state index contributed by atoms with van der Waals surface area (Å²) in [5, 5.41) is 9.18. The third-order valence-corrected chi connectivity index (χ3v) is 1.73. The van der Waals surface area contributed by atoms with Gasteiger partial charge in [0, 0.05) is 5.56 Å². The van der Waals surface area contributed by atoms with Crippen LogP contribution in [0, 0.1) is 11.6 Å². The topological polar surface area (TPSA) is 29.5 Å². The molecule has 72 valence electrons. The zero-order valence-electron chi connectivity index (χ0n) is 7.34. The Kier molecular flexibility index (Phi) is 2.83. The minimum absolute atomic E-state index is 0.237. The van der Waals surface area contributed by atoms with Gasteiger partial charge in [0.2, 0.25) is 5.82 Å². The van der Waals surface area contributed by atoms with Crippen LogP contribution in [0.1, 0.15) is 18.6 Å². The van der Waals surface area contributed by atoms with Gasteiger partial charge in [-0.15, -0.1) is 0 Å². The highest BCUT2D eigenvalue weighted by Crippen LogP contribution is 2.29. The second-order valence-corrected chi connectivity index (χ2v) is 2.66. The van der Waals surface area contributed by atoms with Crippen molar-refractivity contribution in [3.63, 3.8) is 0 Å². The lowest BCUT2D eigenvalue weighted by atomic mass is 10.1. The molecule has 1 atom stereocenters. The molecule has 0 spiro atoms. The second kappa shape index (κ2) is 3.70. The number of aliphatic hydroxyl groups excluding tert-OH is 1. The van der Waals surface area contributed by atoms with E-state index < -0.39 is 17.7 Å². The summed E-state index contributed by atoms with van der Waals surface area (Å²) in [6.07, 6.45) is -0.884. The highest BCUT2D eigenvalue weighted by atomic mass is 19.2. The monoisotopic (exact) mass is 188 g/mol. The summed E-state index contributed by atoms with van der Waals surface area (Å²) in [4.78, 5) is 0. The molecular formula is C9H10F2O2. The Morgan fingerprint density at radius 2 is 2.00 bits per heavy atom. The first-order valence-corrected chi connectivity index (χ1v) is 3.78. The average Bonchev–Trinajstić information content (AvgIpc) is 2.09. The average molecular weight is 188 g/mol.